The third kappa shape index (κ3) is 7.47. The van der Waals surface area contributed by atoms with Gasteiger partial charge in [0.1, 0.15) is 0 Å². The van der Waals surface area contributed by atoms with Crippen LogP contribution < -0.4 is 14.7 Å². The van der Waals surface area contributed by atoms with Gasteiger partial charge in [-0.25, -0.2) is 0 Å². The number of aromatic amines is 1. The molecule has 0 fully saturated rings. The van der Waals surface area contributed by atoms with Crippen molar-refractivity contribution in [3.05, 3.63) is 246 Å². The normalized spacial score (nSPS) is 14.6. The van der Waals surface area contributed by atoms with Crippen LogP contribution in [0.25, 0.3) is 43.7 Å². The van der Waals surface area contributed by atoms with Crippen LogP contribution in [0.2, 0.25) is 0 Å². The number of aromatic nitrogens is 1. The minimum atomic E-state index is -0.313. The van der Waals surface area contributed by atoms with Crippen LogP contribution in [0.15, 0.2) is 212 Å². The third-order valence-electron chi connectivity index (χ3n) is 16.8. The molecule has 0 spiro atoms. The summed E-state index contributed by atoms with van der Waals surface area (Å²) in [6.45, 7) is 23.5. The van der Waals surface area contributed by atoms with Crippen LogP contribution in [0.4, 0.5) is 51.2 Å². The summed E-state index contributed by atoms with van der Waals surface area (Å²) in [5.74, 6) is 0. The van der Waals surface area contributed by atoms with E-state index in [9.17, 15) is 0 Å². The summed E-state index contributed by atoms with van der Waals surface area (Å²) in [6.07, 6.45) is 0. The minimum Gasteiger partial charge on any atom is -0.354 e. The van der Waals surface area contributed by atoms with E-state index in [0.717, 1.165) is 39.5 Å². The number of nitrogens with one attached hydrogen (secondary N) is 1. The zero-order chi connectivity index (χ0) is 52.5. The second-order valence-corrected chi connectivity index (χ2v) is 24.4. The maximum absolute atomic E-state index is 3.99. The molecule has 1 N–H and O–H groups in total. The molecule has 0 atom stereocenters. The van der Waals surface area contributed by atoms with Crippen LogP contribution >= 0.6 is 0 Å². The second kappa shape index (κ2) is 17.1. The van der Waals surface area contributed by atoms with E-state index >= 15 is 0 Å². The van der Waals surface area contributed by atoms with Crippen LogP contribution in [0.1, 0.15) is 103 Å². The number of hydrogen-bond donors (Lipinski definition) is 1. The molecule has 13 rings (SSSR count). The number of nitrogens with zero attached hydrogens (tertiary/aromatic N) is 3. The fourth-order valence-corrected chi connectivity index (χ4v) is 12.6. The second-order valence-electron chi connectivity index (χ2n) is 24.4. The molecular formula is C72H66N4. The van der Waals surface area contributed by atoms with Crippen molar-refractivity contribution in [1.82, 2.24) is 4.98 Å². The molecule has 2 aliphatic heterocycles. The van der Waals surface area contributed by atoms with E-state index < -0.39 is 0 Å². The lowest BCUT2D eigenvalue weighted by Gasteiger charge is -2.43. The van der Waals surface area contributed by atoms with Crippen molar-refractivity contribution in [3.8, 4) is 11.1 Å². The van der Waals surface area contributed by atoms with Gasteiger partial charge in [-0.15, -0.1) is 0 Å². The molecule has 76 heavy (non-hydrogen) atoms. The predicted octanol–water partition coefficient (Wildman–Crippen LogP) is 20.4. The molecule has 0 aliphatic carbocycles. The first kappa shape index (κ1) is 47.4. The number of fused-ring (bicyclic) bond motifs is 8. The van der Waals surface area contributed by atoms with Gasteiger partial charge in [-0.1, -0.05) is 172 Å². The average molecular weight is 987 g/mol. The van der Waals surface area contributed by atoms with E-state index in [0.29, 0.717) is 0 Å². The maximum Gasteiger partial charge on any atom is 0.0544 e. The highest BCUT2D eigenvalue weighted by atomic mass is 15.2. The van der Waals surface area contributed by atoms with E-state index in [1.165, 1.54) is 88.8 Å². The predicted molar refractivity (Wildman–Crippen MR) is 324 cm³/mol. The Morgan fingerprint density at radius 2 is 0.855 bits per heavy atom. The van der Waals surface area contributed by atoms with E-state index in [2.05, 4.69) is 301 Å². The molecule has 11 aromatic rings. The van der Waals surface area contributed by atoms with Crippen molar-refractivity contribution in [2.75, 3.05) is 14.7 Å². The molecule has 374 valence electrons. The lowest BCUT2D eigenvalue weighted by atomic mass is 9.73. The molecule has 2 aliphatic rings. The number of para-hydroxylation sites is 4. The van der Waals surface area contributed by atoms with E-state index in [1.54, 1.807) is 0 Å². The minimum absolute atomic E-state index is 0.0144. The van der Waals surface area contributed by atoms with Gasteiger partial charge in [-0.2, -0.15) is 0 Å². The fourth-order valence-electron chi connectivity index (χ4n) is 12.6. The molecule has 0 bridgehead atoms. The van der Waals surface area contributed by atoms with Gasteiger partial charge < -0.3 is 19.7 Å². The number of hydrogen-bond acceptors (Lipinski definition) is 3. The molecule has 4 heteroatoms. The summed E-state index contributed by atoms with van der Waals surface area (Å²) in [6, 6.07) is 79.8. The first-order valence-electron chi connectivity index (χ1n) is 27.1. The van der Waals surface area contributed by atoms with E-state index in [1.807, 2.05) is 0 Å². The Bertz CT molecular complexity index is 3940. The fraction of sp³-hybridized carbons (Fsp3) is 0.194. The quantitative estimate of drug-likeness (QED) is 0.180. The van der Waals surface area contributed by atoms with E-state index in [-0.39, 0.29) is 21.7 Å². The van der Waals surface area contributed by atoms with Crippen molar-refractivity contribution >= 4 is 83.8 Å². The lowest BCUT2D eigenvalue weighted by molar-refractivity contribution is 0.590. The summed E-state index contributed by atoms with van der Waals surface area (Å²) in [4.78, 5) is 11.4. The Kier molecular flexibility index (Phi) is 10.7. The van der Waals surface area contributed by atoms with Gasteiger partial charge >= 0.3 is 0 Å². The Morgan fingerprint density at radius 1 is 0.368 bits per heavy atom. The SMILES string of the molecule is CC(C)(C)c1ccc2[nH]c3c(-c4cc(N(c5ccc6c(c5)C(C)(C)c5ccccc5N6c5ccccc5)c5ccc6c(c5)C(C)(C)c5ccccc5N6c5ccccc5)cc5ccccc45)cc(C(C)(C)C)cc3c2c1. The molecule has 1 aromatic heterocycles. The van der Waals surface area contributed by atoms with Crippen molar-refractivity contribution in [3.63, 3.8) is 0 Å². The van der Waals surface area contributed by atoms with Gasteiger partial charge in [0.25, 0.3) is 0 Å². The third-order valence-corrected chi connectivity index (χ3v) is 16.8. The molecule has 4 nitrogen and oxygen atoms in total. The average Bonchev–Trinajstić information content (AvgIpc) is 3.83. The highest BCUT2D eigenvalue weighted by Gasteiger charge is 2.40. The van der Waals surface area contributed by atoms with Crippen molar-refractivity contribution in [2.45, 2.75) is 90.9 Å². The summed E-state index contributed by atoms with van der Waals surface area (Å²) in [7, 11) is 0. The summed E-state index contributed by atoms with van der Waals surface area (Å²) in [5.41, 5.74) is 22.2. The maximum atomic E-state index is 3.99. The van der Waals surface area contributed by atoms with Gasteiger partial charge in [0.2, 0.25) is 0 Å². The van der Waals surface area contributed by atoms with Gasteiger partial charge in [0.05, 0.1) is 28.3 Å². The molecule has 0 saturated carbocycles. The van der Waals surface area contributed by atoms with Crippen LogP contribution in [0, 0.1) is 0 Å². The Labute approximate surface area is 448 Å². The van der Waals surface area contributed by atoms with Crippen LogP contribution in [0.5, 0.6) is 0 Å². The molecule has 0 unspecified atom stereocenters. The highest BCUT2D eigenvalue weighted by molar-refractivity contribution is 6.15. The Hall–Kier alpha value is -8.34. The van der Waals surface area contributed by atoms with Gasteiger partial charge in [0, 0.05) is 61.1 Å². The zero-order valence-corrected chi connectivity index (χ0v) is 45.5. The molecule has 0 saturated heterocycles. The molecule has 0 radical (unpaired) electrons. The van der Waals surface area contributed by atoms with Crippen LogP contribution in [-0.2, 0) is 21.7 Å². The number of rotatable bonds is 6. The van der Waals surface area contributed by atoms with Gasteiger partial charge in [0.15, 0.2) is 0 Å². The summed E-state index contributed by atoms with van der Waals surface area (Å²) in [5, 5.41) is 4.93. The van der Waals surface area contributed by atoms with Gasteiger partial charge in [-0.05, 0) is 170 Å². The molecule has 10 aromatic carbocycles. The monoisotopic (exact) mass is 987 g/mol. The van der Waals surface area contributed by atoms with Crippen molar-refractivity contribution < 1.29 is 0 Å². The van der Waals surface area contributed by atoms with E-state index in [4.69, 9.17) is 0 Å². The first-order valence-corrected chi connectivity index (χ1v) is 27.1. The Morgan fingerprint density at radius 3 is 1.41 bits per heavy atom. The first-order chi connectivity index (χ1) is 36.5. The standard InChI is InChI=1S/C72H66N4/c1-69(2,3)47-33-36-63-56(40-47)58-42-48(70(4,5)6)41-57(68(58)73-63)55-43-53(39-46-23-17-18-28-54(46)55)74(51-34-37-66-61(44-51)71(7,8)59-29-19-21-31-64(59)75(66)49-24-13-11-14-25-49)52-35-38-67-62(45-52)72(9,10)60-30-20-22-32-65(60)76(67)50-26-15-12-16-27-50/h11-45,73H,1-10H3. The molecular weight excluding hydrogens is 921 g/mol. The molecule has 3 heterocycles. The largest absolute Gasteiger partial charge is 0.354 e. The summed E-state index contributed by atoms with van der Waals surface area (Å²) >= 11 is 0. The zero-order valence-electron chi connectivity index (χ0n) is 45.5. The van der Waals surface area contributed by atoms with Crippen molar-refractivity contribution in [2.24, 2.45) is 0 Å². The molecule has 0 amide bonds. The number of anilines is 9. The number of H-pyrrole nitrogens is 1. The number of benzene rings is 10. The Balaban J connectivity index is 1.09. The van der Waals surface area contributed by atoms with Crippen LogP contribution in [-0.4, -0.2) is 4.98 Å². The van der Waals surface area contributed by atoms with Gasteiger partial charge in [-0.3, -0.25) is 0 Å². The topological polar surface area (TPSA) is 25.5 Å². The highest BCUT2D eigenvalue weighted by Crippen LogP contribution is 2.56. The van der Waals surface area contributed by atoms with Crippen LogP contribution in [0.3, 0.4) is 0 Å². The lowest BCUT2D eigenvalue weighted by Crippen LogP contribution is -2.31. The smallest absolute Gasteiger partial charge is 0.0544 e. The summed E-state index contributed by atoms with van der Waals surface area (Å²) < 4.78 is 0. The van der Waals surface area contributed by atoms with Crippen molar-refractivity contribution in [1.29, 1.82) is 0 Å².